The van der Waals surface area contributed by atoms with Crippen LogP contribution in [0.15, 0.2) is 43.0 Å². The van der Waals surface area contributed by atoms with Crippen LogP contribution in [0.25, 0.3) is 0 Å². The zero-order valence-electron chi connectivity index (χ0n) is 14.9. The van der Waals surface area contributed by atoms with Crippen molar-refractivity contribution in [2.24, 2.45) is 5.92 Å². The standard InChI is InChI=1S/C19H25N5O2/c1-2-4-21-17(3-1)12-24-7-8-25-15-19(14-24)9-16(13-26-19)10-23-18-11-20-5-6-22-18/h1-6,11,16H,7-10,12-15H2,(H,22,23)/t16-,19-/m0/s1. The maximum atomic E-state index is 6.27. The van der Waals surface area contributed by atoms with E-state index >= 15 is 0 Å². The van der Waals surface area contributed by atoms with E-state index < -0.39 is 0 Å². The third-order valence-corrected chi connectivity index (χ3v) is 4.96. The van der Waals surface area contributed by atoms with E-state index in [1.807, 2.05) is 18.3 Å². The average Bonchev–Trinajstić information content (AvgIpc) is 2.97. The molecule has 2 fully saturated rings. The Morgan fingerprint density at radius 1 is 1.23 bits per heavy atom. The number of ether oxygens (including phenoxy) is 2. The summed E-state index contributed by atoms with van der Waals surface area (Å²) < 4.78 is 12.1. The molecule has 4 heterocycles. The van der Waals surface area contributed by atoms with Gasteiger partial charge in [0.1, 0.15) is 11.4 Å². The van der Waals surface area contributed by atoms with Crippen LogP contribution in [-0.4, -0.2) is 64.9 Å². The summed E-state index contributed by atoms with van der Waals surface area (Å²) in [6.07, 6.45) is 7.95. The second-order valence-corrected chi connectivity index (χ2v) is 7.12. The summed E-state index contributed by atoms with van der Waals surface area (Å²) in [7, 11) is 0. The molecule has 0 saturated carbocycles. The van der Waals surface area contributed by atoms with Crippen molar-refractivity contribution in [2.75, 3.05) is 44.8 Å². The van der Waals surface area contributed by atoms with Gasteiger partial charge in [-0.1, -0.05) is 6.07 Å². The highest BCUT2D eigenvalue weighted by molar-refractivity contribution is 5.29. The number of hydrogen-bond acceptors (Lipinski definition) is 7. The molecule has 2 aliphatic heterocycles. The Morgan fingerprint density at radius 2 is 2.23 bits per heavy atom. The molecule has 0 unspecified atom stereocenters. The van der Waals surface area contributed by atoms with Gasteiger partial charge in [-0.3, -0.25) is 14.9 Å². The molecule has 0 amide bonds. The third kappa shape index (κ3) is 4.35. The molecular formula is C19H25N5O2. The first-order chi connectivity index (χ1) is 12.8. The zero-order valence-corrected chi connectivity index (χ0v) is 14.9. The number of nitrogens with zero attached hydrogens (tertiary/aromatic N) is 4. The number of anilines is 1. The lowest BCUT2D eigenvalue weighted by molar-refractivity contribution is -0.0563. The monoisotopic (exact) mass is 355 g/mol. The highest BCUT2D eigenvalue weighted by atomic mass is 16.5. The minimum atomic E-state index is -0.222. The molecule has 7 nitrogen and oxygen atoms in total. The smallest absolute Gasteiger partial charge is 0.144 e. The first-order valence-electron chi connectivity index (χ1n) is 9.15. The predicted molar refractivity (Wildman–Crippen MR) is 97.6 cm³/mol. The normalized spacial score (nSPS) is 26.7. The van der Waals surface area contributed by atoms with Crippen molar-refractivity contribution in [3.05, 3.63) is 48.7 Å². The first-order valence-corrected chi connectivity index (χ1v) is 9.15. The molecule has 2 aliphatic rings. The molecule has 1 spiro atoms. The molecule has 1 N–H and O–H groups in total. The molecular weight excluding hydrogens is 330 g/mol. The van der Waals surface area contributed by atoms with Crippen LogP contribution in [0.4, 0.5) is 5.82 Å². The van der Waals surface area contributed by atoms with E-state index in [2.05, 4.69) is 31.2 Å². The topological polar surface area (TPSA) is 72.4 Å². The van der Waals surface area contributed by atoms with Crippen LogP contribution < -0.4 is 5.32 Å². The number of nitrogens with one attached hydrogen (secondary N) is 1. The van der Waals surface area contributed by atoms with Crippen LogP contribution in [0.2, 0.25) is 0 Å². The van der Waals surface area contributed by atoms with Gasteiger partial charge >= 0.3 is 0 Å². The molecule has 2 atom stereocenters. The highest BCUT2D eigenvalue weighted by Gasteiger charge is 2.43. The van der Waals surface area contributed by atoms with E-state index in [4.69, 9.17) is 9.47 Å². The minimum absolute atomic E-state index is 0.222. The van der Waals surface area contributed by atoms with Crippen molar-refractivity contribution in [3.63, 3.8) is 0 Å². The lowest BCUT2D eigenvalue weighted by Crippen LogP contribution is -2.44. The predicted octanol–water partition coefficient (Wildman–Crippen LogP) is 1.59. The molecule has 26 heavy (non-hydrogen) atoms. The van der Waals surface area contributed by atoms with Gasteiger partial charge in [0, 0.05) is 50.7 Å². The Labute approximate surface area is 153 Å². The van der Waals surface area contributed by atoms with E-state index in [-0.39, 0.29) is 5.60 Å². The van der Waals surface area contributed by atoms with Gasteiger partial charge in [-0.15, -0.1) is 0 Å². The molecule has 2 saturated heterocycles. The summed E-state index contributed by atoms with van der Waals surface area (Å²) in [5.41, 5.74) is 0.864. The largest absolute Gasteiger partial charge is 0.377 e. The van der Waals surface area contributed by atoms with Gasteiger partial charge in [0.25, 0.3) is 0 Å². The van der Waals surface area contributed by atoms with Gasteiger partial charge in [0.2, 0.25) is 0 Å². The Hall–Kier alpha value is -2.09. The van der Waals surface area contributed by atoms with Gasteiger partial charge in [-0.05, 0) is 18.6 Å². The van der Waals surface area contributed by atoms with Crippen LogP contribution in [0, 0.1) is 5.92 Å². The van der Waals surface area contributed by atoms with Crippen LogP contribution in [0.1, 0.15) is 12.1 Å². The van der Waals surface area contributed by atoms with Crippen LogP contribution >= 0.6 is 0 Å². The van der Waals surface area contributed by atoms with Crippen molar-refractivity contribution >= 4 is 5.82 Å². The third-order valence-electron chi connectivity index (χ3n) is 4.96. The molecule has 0 bridgehead atoms. The van der Waals surface area contributed by atoms with Crippen molar-refractivity contribution in [2.45, 2.75) is 18.6 Å². The molecule has 0 aromatic carbocycles. The van der Waals surface area contributed by atoms with E-state index in [0.29, 0.717) is 12.5 Å². The Kier molecular flexibility index (Phi) is 5.38. The minimum Gasteiger partial charge on any atom is -0.377 e. The van der Waals surface area contributed by atoms with Gasteiger partial charge in [-0.2, -0.15) is 0 Å². The van der Waals surface area contributed by atoms with Crippen LogP contribution in [-0.2, 0) is 16.0 Å². The number of rotatable bonds is 5. The SMILES string of the molecule is c1ccc(CN2CCOC[C@]3(C[C@@H](CNc4cnccn4)CO3)C2)nc1. The Bertz CT molecular complexity index is 687. The van der Waals surface area contributed by atoms with Gasteiger partial charge in [0.15, 0.2) is 0 Å². The average molecular weight is 355 g/mol. The summed E-state index contributed by atoms with van der Waals surface area (Å²) in [6, 6.07) is 6.06. The summed E-state index contributed by atoms with van der Waals surface area (Å²) in [6.45, 7) is 5.59. The quantitative estimate of drug-likeness (QED) is 0.873. The molecule has 2 aromatic heterocycles. The summed E-state index contributed by atoms with van der Waals surface area (Å²) in [5, 5.41) is 3.36. The molecule has 7 heteroatoms. The number of hydrogen-bond donors (Lipinski definition) is 1. The van der Waals surface area contributed by atoms with Crippen molar-refractivity contribution in [1.82, 2.24) is 19.9 Å². The second-order valence-electron chi connectivity index (χ2n) is 7.12. The maximum Gasteiger partial charge on any atom is 0.144 e. The lowest BCUT2D eigenvalue weighted by atomic mass is 9.94. The fourth-order valence-electron chi connectivity index (χ4n) is 3.76. The number of pyridine rings is 1. The molecule has 0 aliphatic carbocycles. The Balaban J connectivity index is 1.34. The van der Waals surface area contributed by atoms with E-state index in [1.54, 1.807) is 18.6 Å². The van der Waals surface area contributed by atoms with Crippen molar-refractivity contribution in [1.29, 1.82) is 0 Å². The molecule has 2 aromatic rings. The van der Waals surface area contributed by atoms with E-state index in [9.17, 15) is 0 Å². The van der Waals surface area contributed by atoms with Crippen LogP contribution in [0.3, 0.4) is 0 Å². The van der Waals surface area contributed by atoms with Crippen LogP contribution in [0.5, 0.6) is 0 Å². The van der Waals surface area contributed by atoms with Gasteiger partial charge < -0.3 is 14.8 Å². The number of aromatic nitrogens is 3. The lowest BCUT2D eigenvalue weighted by Gasteiger charge is -2.31. The molecule has 0 radical (unpaired) electrons. The maximum absolute atomic E-state index is 6.27. The zero-order chi connectivity index (χ0) is 17.7. The fraction of sp³-hybridized carbons (Fsp3) is 0.526. The summed E-state index contributed by atoms with van der Waals surface area (Å²) in [5.74, 6) is 1.25. The second kappa shape index (κ2) is 8.07. The van der Waals surface area contributed by atoms with Crippen molar-refractivity contribution < 1.29 is 9.47 Å². The first kappa shape index (κ1) is 17.3. The van der Waals surface area contributed by atoms with E-state index in [1.165, 1.54) is 0 Å². The molecule has 4 rings (SSSR count). The summed E-state index contributed by atoms with van der Waals surface area (Å²) in [4.78, 5) is 15.2. The molecule has 138 valence electrons. The fourth-order valence-corrected chi connectivity index (χ4v) is 3.76. The van der Waals surface area contributed by atoms with E-state index in [0.717, 1.165) is 57.3 Å². The van der Waals surface area contributed by atoms with Gasteiger partial charge in [-0.25, -0.2) is 4.98 Å². The van der Waals surface area contributed by atoms with Gasteiger partial charge in [0.05, 0.1) is 31.7 Å². The van der Waals surface area contributed by atoms with Crippen molar-refractivity contribution in [3.8, 4) is 0 Å². The highest BCUT2D eigenvalue weighted by Crippen LogP contribution is 2.33. The summed E-state index contributed by atoms with van der Waals surface area (Å²) >= 11 is 0. The Morgan fingerprint density at radius 3 is 3.08 bits per heavy atom.